The van der Waals surface area contributed by atoms with Gasteiger partial charge in [0.25, 0.3) is 0 Å². The molecule has 0 aliphatic rings. The molecule has 1 aromatic heterocycles. The van der Waals surface area contributed by atoms with E-state index in [1.54, 1.807) is 0 Å². The van der Waals surface area contributed by atoms with Crippen LogP contribution in [0.5, 0.6) is 0 Å². The van der Waals surface area contributed by atoms with Gasteiger partial charge >= 0.3 is 0 Å². The van der Waals surface area contributed by atoms with Crippen LogP contribution in [0.15, 0.2) is 30.3 Å². The van der Waals surface area contributed by atoms with Crippen LogP contribution in [-0.4, -0.2) is 21.8 Å². The molecule has 0 fully saturated rings. The van der Waals surface area contributed by atoms with Crippen molar-refractivity contribution in [2.24, 2.45) is 7.05 Å². The molecule has 4 heteroatoms. The van der Waals surface area contributed by atoms with Crippen LogP contribution in [0.25, 0.3) is 11.4 Å². The minimum atomic E-state index is 0.767. The number of nitrogens with zero attached hydrogens (tertiary/aromatic N) is 3. The lowest BCUT2D eigenvalue weighted by atomic mass is 10.2. The first-order chi connectivity index (χ1) is 6.83. The van der Waals surface area contributed by atoms with E-state index >= 15 is 0 Å². The van der Waals surface area contributed by atoms with E-state index in [4.69, 9.17) is 0 Å². The highest BCUT2D eigenvalue weighted by Gasteiger charge is 2.07. The first kappa shape index (κ1) is 8.74. The highest BCUT2D eigenvalue weighted by atomic mass is 15.3. The number of hydrogen-bond donors (Lipinski definition) is 1. The molecule has 14 heavy (non-hydrogen) atoms. The Morgan fingerprint density at radius 1 is 1.14 bits per heavy atom. The summed E-state index contributed by atoms with van der Waals surface area (Å²) in [4.78, 5) is 0. The molecular formula is C10H12N4. The monoisotopic (exact) mass is 188 g/mol. The lowest BCUT2D eigenvalue weighted by molar-refractivity contribution is 0.925. The van der Waals surface area contributed by atoms with E-state index in [9.17, 15) is 0 Å². The van der Waals surface area contributed by atoms with Gasteiger partial charge in [0.2, 0.25) is 5.95 Å². The molecule has 1 N–H and O–H groups in total. The van der Waals surface area contributed by atoms with Gasteiger partial charge < -0.3 is 5.32 Å². The Morgan fingerprint density at radius 2 is 1.86 bits per heavy atom. The molecule has 0 atom stereocenters. The summed E-state index contributed by atoms with van der Waals surface area (Å²) in [7, 11) is 3.77. The van der Waals surface area contributed by atoms with Gasteiger partial charge in [-0.15, -0.1) is 10.2 Å². The molecule has 0 aliphatic heterocycles. The normalized spacial score (nSPS) is 10.1. The number of rotatable bonds is 2. The number of benzene rings is 1. The number of anilines is 1. The van der Waals surface area contributed by atoms with Crippen LogP contribution in [0.1, 0.15) is 0 Å². The summed E-state index contributed by atoms with van der Waals surface area (Å²) < 4.78 is 1.93. The molecule has 0 saturated carbocycles. The van der Waals surface area contributed by atoms with Crippen molar-refractivity contribution in [1.82, 2.24) is 14.8 Å². The van der Waals surface area contributed by atoms with E-state index in [0.717, 1.165) is 17.3 Å². The minimum absolute atomic E-state index is 0.767. The van der Waals surface area contributed by atoms with Gasteiger partial charge in [0.1, 0.15) is 0 Å². The second-order valence-electron chi connectivity index (χ2n) is 3.02. The van der Waals surface area contributed by atoms with Gasteiger partial charge in [0.15, 0.2) is 5.82 Å². The van der Waals surface area contributed by atoms with E-state index in [0.29, 0.717) is 0 Å². The van der Waals surface area contributed by atoms with E-state index in [2.05, 4.69) is 15.5 Å². The fourth-order valence-corrected chi connectivity index (χ4v) is 1.39. The van der Waals surface area contributed by atoms with Gasteiger partial charge in [-0.3, -0.25) is 4.57 Å². The Morgan fingerprint density at radius 3 is 2.43 bits per heavy atom. The number of nitrogens with one attached hydrogen (secondary N) is 1. The maximum Gasteiger partial charge on any atom is 0.224 e. The molecule has 4 nitrogen and oxygen atoms in total. The van der Waals surface area contributed by atoms with Gasteiger partial charge in [0, 0.05) is 19.7 Å². The van der Waals surface area contributed by atoms with Crippen molar-refractivity contribution in [1.29, 1.82) is 0 Å². The number of hydrogen-bond acceptors (Lipinski definition) is 3. The highest BCUT2D eigenvalue weighted by Crippen LogP contribution is 2.17. The average molecular weight is 188 g/mol. The van der Waals surface area contributed by atoms with Gasteiger partial charge in [-0.2, -0.15) is 0 Å². The molecule has 1 heterocycles. The van der Waals surface area contributed by atoms with Crippen molar-refractivity contribution in [2.75, 3.05) is 12.4 Å². The SMILES string of the molecule is CNc1nnc(-c2ccccc2)n1C. The Bertz CT molecular complexity index is 419. The van der Waals surface area contributed by atoms with Crippen LogP contribution < -0.4 is 5.32 Å². The topological polar surface area (TPSA) is 42.7 Å². The van der Waals surface area contributed by atoms with E-state index < -0.39 is 0 Å². The summed E-state index contributed by atoms with van der Waals surface area (Å²) in [6.07, 6.45) is 0. The average Bonchev–Trinajstić information content (AvgIpc) is 2.61. The highest BCUT2D eigenvalue weighted by molar-refractivity contribution is 5.56. The first-order valence-electron chi connectivity index (χ1n) is 4.45. The third kappa shape index (κ3) is 1.35. The predicted molar refractivity (Wildman–Crippen MR) is 56.0 cm³/mol. The molecule has 0 spiro atoms. The zero-order chi connectivity index (χ0) is 9.97. The lowest BCUT2D eigenvalue weighted by Crippen LogP contribution is -1.99. The lowest BCUT2D eigenvalue weighted by Gasteiger charge is -2.02. The van der Waals surface area contributed by atoms with Gasteiger partial charge in [-0.1, -0.05) is 30.3 Å². The molecule has 0 bridgehead atoms. The summed E-state index contributed by atoms with van der Waals surface area (Å²) in [6.45, 7) is 0. The van der Waals surface area contributed by atoms with Crippen LogP contribution >= 0.6 is 0 Å². The van der Waals surface area contributed by atoms with Crippen LogP contribution in [0, 0.1) is 0 Å². The Kier molecular flexibility index (Phi) is 2.18. The smallest absolute Gasteiger partial charge is 0.224 e. The van der Waals surface area contributed by atoms with Gasteiger partial charge in [-0.25, -0.2) is 0 Å². The Labute approximate surface area is 82.6 Å². The van der Waals surface area contributed by atoms with Crippen LogP contribution in [-0.2, 0) is 7.05 Å². The zero-order valence-corrected chi connectivity index (χ0v) is 8.23. The fraction of sp³-hybridized carbons (Fsp3) is 0.200. The van der Waals surface area contributed by atoms with Gasteiger partial charge in [-0.05, 0) is 0 Å². The molecule has 0 saturated heterocycles. The van der Waals surface area contributed by atoms with E-state index in [1.165, 1.54) is 0 Å². The molecule has 0 unspecified atom stereocenters. The quantitative estimate of drug-likeness (QED) is 0.777. The molecule has 0 radical (unpaired) electrons. The van der Waals surface area contributed by atoms with Crippen LogP contribution in [0.4, 0.5) is 5.95 Å². The molecule has 0 amide bonds. The maximum atomic E-state index is 4.11. The second-order valence-corrected chi connectivity index (χ2v) is 3.02. The standard InChI is InChI=1S/C10H12N4/c1-11-10-13-12-9(14(10)2)8-6-4-3-5-7-8/h3-7H,1-2H3,(H,11,13). The van der Waals surface area contributed by atoms with E-state index in [-0.39, 0.29) is 0 Å². The summed E-state index contributed by atoms with van der Waals surface area (Å²) in [5.74, 6) is 1.64. The van der Waals surface area contributed by atoms with Crippen LogP contribution in [0.3, 0.4) is 0 Å². The summed E-state index contributed by atoms with van der Waals surface area (Å²) in [5.41, 5.74) is 1.07. The largest absolute Gasteiger partial charge is 0.357 e. The third-order valence-corrected chi connectivity index (χ3v) is 2.13. The summed E-state index contributed by atoms with van der Waals surface area (Å²) in [5, 5.41) is 11.1. The number of aromatic nitrogens is 3. The zero-order valence-electron chi connectivity index (χ0n) is 8.23. The third-order valence-electron chi connectivity index (χ3n) is 2.13. The summed E-state index contributed by atoms with van der Waals surface area (Å²) in [6, 6.07) is 10.00. The van der Waals surface area contributed by atoms with Crippen molar-refractivity contribution >= 4 is 5.95 Å². The molecule has 0 aliphatic carbocycles. The minimum Gasteiger partial charge on any atom is -0.357 e. The van der Waals surface area contributed by atoms with Crippen molar-refractivity contribution < 1.29 is 0 Å². The Hall–Kier alpha value is -1.84. The molecule has 2 rings (SSSR count). The maximum absolute atomic E-state index is 4.11. The molecule has 1 aromatic carbocycles. The fourth-order valence-electron chi connectivity index (χ4n) is 1.39. The Balaban J connectivity index is 2.48. The molecular weight excluding hydrogens is 176 g/mol. The molecule has 2 aromatic rings. The van der Waals surface area contributed by atoms with Crippen molar-refractivity contribution in [3.8, 4) is 11.4 Å². The second kappa shape index (κ2) is 3.49. The van der Waals surface area contributed by atoms with Crippen molar-refractivity contribution in [3.05, 3.63) is 30.3 Å². The van der Waals surface area contributed by atoms with E-state index in [1.807, 2.05) is 49.0 Å². The predicted octanol–water partition coefficient (Wildman–Crippen LogP) is 1.52. The van der Waals surface area contributed by atoms with Crippen molar-refractivity contribution in [2.45, 2.75) is 0 Å². The summed E-state index contributed by atoms with van der Waals surface area (Å²) >= 11 is 0. The first-order valence-corrected chi connectivity index (χ1v) is 4.45. The van der Waals surface area contributed by atoms with Crippen molar-refractivity contribution in [3.63, 3.8) is 0 Å². The van der Waals surface area contributed by atoms with Gasteiger partial charge in [0.05, 0.1) is 0 Å². The molecule has 72 valence electrons. The van der Waals surface area contributed by atoms with Crippen LogP contribution in [0.2, 0.25) is 0 Å².